The van der Waals surface area contributed by atoms with Gasteiger partial charge in [0, 0.05) is 5.56 Å². The minimum Gasteiger partial charge on any atom is -0.507 e. The summed E-state index contributed by atoms with van der Waals surface area (Å²) in [7, 11) is 1.52. The van der Waals surface area contributed by atoms with Gasteiger partial charge in [-0.2, -0.15) is 0 Å². The van der Waals surface area contributed by atoms with Crippen LogP contribution in [0.4, 0.5) is 5.13 Å². The average molecular weight is 529 g/mol. The number of aromatic nitrogens is 1. The second kappa shape index (κ2) is 10.7. The number of nitrogens with zero attached hydrogens (tertiary/aromatic N) is 2. The van der Waals surface area contributed by atoms with Crippen molar-refractivity contribution < 1.29 is 24.2 Å². The molecule has 7 nitrogen and oxygen atoms in total. The molecule has 1 unspecified atom stereocenters. The van der Waals surface area contributed by atoms with Crippen LogP contribution in [0.25, 0.3) is 16.0 Å². The minimum atomic E-state index is -0.868. The lowest BCUT2D eigenvalue weighted by atomic mass is 9.95. The molecule has 0 radical (unpaired) electrons. The van der Waals surface area contributed by atoms with E-state index >= 15 is 0 Å². The molecule has 1 aromatic heterocycles. The summed E-state index contributed by atoms with van der Waals surface area (Å²) in [5.41, 5.74) is 2.85. The number of anilines is 1. The molecule has 2 heterocycles. The van der Waals surface area contributed by atoms with Crippen molar-refractivity contribution in [3.8, 4) is 11.5 Å². The summed E-state index contributed by atoms with van der Waals surface area (Å²) >= 11 is 1.34. The van der Waals surface area contributed by atoms with Crippen LogP contribution < -0.4 is 14.4 Å². The number of ether oxygens (including phenoxy) is 2. The third kappa shape index (κ3) is 4.75. The number of benzene rings is 3. The van der Waals surface area contributed by atoms with Crippen LogP contribution >= 0.6 is 11.3 Å². The number of aliphatic hydroxyl groups excluding tert-OH is 1. The molecular formula is C30H28N2O5S. The first-order chi connectivity index (χ1) is 18.4. The topological polar surface area (TPSA) is 89.0 Å². The van der Waals surface area contributed by atoms with Crippen LogP contribution in [0, 0.1) is 6.92 Å². The van der Waals surface area contributed by atoms with Crippen molar-refractivity contribution >= 4 is 44.1 Å². The Bertz CT molecular complexity index is 1540. The van der Waals surface area contributed by atoms with E-state index < -0.39 is 17.7 Å². The Hall–Kier alpha value is -4.17. The first-order valence-corrected chi connectivity index (χ1v) is 13.3. The number of thiazole rings is 1. The summed E-state index contributed by atoms with van der Waals surface area (Å²) < 4.78 is 12.0. The number of methoxy groups -OCH3 is 1. The van der Waals surface area contributed by atoms with Crippen LogP contribution in [0.3, 0.4) is 0 Å². The number of hydrogen-bond donors (Lipinski definition) is 1. The Morgan fingerprint density at radius 1 is 1.05 bits per heavy atom. The molecule has 1 aliphatic heterocycles. The summed E-state index contributed by atoms with van der Waals surface area (Å²) in [4.78, 5) is 33.0. The number of aliphatic hydroxyl groups is 1. The summed E-state index contributed by atoms with van der Waals surface area (Å²) in [5.74, 6) is -0.556. The summed E-state index contributed by atoms with van der Waals surface area (Å²) in [5, 5.41) is 11.8. The summed E-state index contributed by atoms with van der Waals surface area (Å²) in [6.07, 6.45) is 1.97. The smallest absolute Gasteiger partial charge is 0.301 e. The molecule has 1 saturated heterocycles. The zero-order valence-corrected chi connectivity index (χ0v) is 22.2. The predicted molar refractivity (Wildman–Crippen MR) is 149 cm³/mol. The van der Waals surface area contributed by atoms with Crippen molar-refractivity contribution in [2.75, 3.05) is 18.6 Å². The highest BCUT2D eigenvalue weighted by atomic mass is 32.1. The van der Waals surface area contributed by atoms with Gasteiger partial charge in [0.1, 0.15) is 17.3 Å². The normalized spacial score (nSPS) is 16.8. The number of rotatable bonds is 8. The summed E-state index contributed by atoms with van der Waals surface area (Å²) in [6.45, 7) is 4.69. The molecule has 3 aromatic carbocycles. The van der Waals surface area contributed by atoms with Gasteiger partial charge in [-0.25, -0.2) is 4.98 Å². The molecule has 1 amide bonds. The third-order valence-corrected chi connectivity index (χ3v) is 7.51. The number of amides is 1. The van der Waals surface area contributed by atoms with Gasteiger partial charge in [0.15, 0.2) is 5.13 Å². The van der Waals surface area contributed by atoms with E-state index in [0.29, 0.717) is 34.4 Å². The Labute approximate surface area is 225 Å². The number of unbranched alkanes of at least 4 members (excludes halogenated alkanes) is 1. The van der Waals surface area contributed by atoms with Crippen molar-refractivity contribution in [3.63, 3.8) is 0 Å². The fourth-order valence-electron chi connectivity index (χ4n) is 4.47. The second-order valence-corrected chi connectivity index (χ2v) is 10.1. The van der Waals surface area contributed by atoms with Crippen molar-refractivity contribution in [3.05, 3.63) is 89.0 Å². The first-order valence-electron chi connectivity index (χ1n) is 12.5. The quantitative estimate of drug-likeness (QED) is 0.123. The Morgan fingerprint density at radius 2 is 1.84 bits per heavy atom. The molecule has 1 aliphatic rings. The SMILES string of the molecule is CCCCOc1ccc(C2C(=C(O)c3cccc(OC)c3)C(=O)C(=O)N2c2nc3ccc(C)cc3s2)cc1. The Morgan fingerprint density at radius 3 is 2.58 bits per heavy atom. The van der Waals surface area contributed by atoms with E-state index in [9.17, 15) is 14.7 Å². The van der Waals surface area contributed by atoms with E-state index in [1.54, 1.807) is 24.3 Å². The number of carbonyl (C=O) groups is 2. The molecule has 8 heteroatoms. The molecular weight excluding hydrogens is 500 g/mol. The molecule has 4 aromatic rings. The maximum Gasteiger partial charge on any atom is 0.301 e. The van der Waals surface area contributed by atoms with Crippen molar-refractivity contribution in [2.45, 2.75) is 32.7 Å². The highest BCUT2D eigenvalue weighted by Crippen LogP contribution is 2.44. The molecule has 0 bridgehead atoms. The number of carbonyl (C=O) groups excluding carboxylic acids is 2. The zero-order chi connectivity index (χ0) is 26.8. The molecule has 5 rings (SSSR count). The molecule has 1 N–H and O–H groups in total. The monoisotopic (exact) mass is 528 g/mol. The third-order valence-electron chi connectivity index (χ3n) is 6.49. The maximum atomic E-state index is 13.5. The van der Waals surface area contributed by atoms with Gasteiger partial charge in [-0.3, -0.25) is 14.5 Å². The minimum absolute atomic E-state index is 0.00154. The van der Waals surface area contributed by atoms with Gasteiger partial charge in [0.2, 0.25) is 0 Å². The standard InChI is InChI=1S/C30H28N2O5S/c1-4-5-15-37-21-12-10-19(11-13-21)26-25(27(33)20-7-6-8-22(17-20)36-3)28(34)29(35)32(26)30-31-23-14-9-18(2)16-24(23)38-30/h6-14,16-17,26,33H,4-5,15H2,1-3H3. The van der Waals surface area contributed by atoms with E-state index in [4.69, 9.17) is 9.47 Å². The van der Waals surface area contributed by atoms with E-state index in [1.165, 1.54) is 23.3 Å². The van der Waals surface area contributed by atoms with Crippen LogP contribution in [0.5, 0.6) is 11.5 Å². The lowest BCUT2D eigenvalue weighted by Gasteiger charge is -2.23. The lowest BCUT2D eigenvalue weighted by Crippen LogP contribution is -2.29. The van der Waals surface area contributed by atoms with Crippen molar-refractivity contribution in [1.29, 1.82) is 0 Å². The zero-order valence-electron chi connectivity index (χ0n) is 21.4. The number of hydrogen-bond acceptors (Lipinski definition) is 7. The summed E-state index contributed by atoms with van der Waals surface area (Å²) in [6, 6.07) is 19.0. The van der Waals surface area contributed by atoms with Gasteiger partial charge in [-0.1, -0.05) is 55.0 Å². The Kier molecular flexibility index (Phi) is 7.15. The van der Waals surface area contributed by atoms with Gasteiger partial charge >= 0.3 is 5.91 Å². The second-order valence-electron chi connectivity index (χ2n) is 9.14. The van der Waals surface area contributed by atoms with E-state index in [0.717, 1.165) is 28.6 Å². The van der Waals surface area contributed by atoms with Crippen molar-refractivity contribution in [2.24, 2.45) is 0 Å². The Balaban J connectivity index is 1.64. The van der Waals surface area contributed by atoms with Crippen LogP contribution in [0.15, 0.2) is 72.3 Å². The number of fused-ring (bicyclic) bond motifs is 1. The predicted octanol–water partition coefficient (Wildman–Crippen LogP) is 6.42. The van der Waals surface area contributed by atoms with Crippen LogP contribution in [-0.2, 0) is 9.59 Å². The maximum absolute atomic E-state index is 13.5. The van der Waals surface area contributed by atoms with Gasteiger partial charge in [-0.15, -0.1) is 0 Å². The van der Waals surface area contributed by atoms with Crippen LogP contribution in [0.2, 0.25) is 0 Å². The molecule has 0 spiro atoms. The van der Waals surface area contributed by atoms with Gasteiger partial charge in [0.05, 0.1) is 35.5 Å². The number of Topliss-reactive ketones (excluding diaryl/α,β-unsaturated/α-hetero) is 1. The number of ketones is 1. The van der Waals surface area contributed by atoms with Crippen LogP contribution in [-0.4, -0.2) is 35.5 Å². The highest BCUT2D eigenvalue weighted by Gasteiger charge is 2.48. The van der Waals surface area contributed by atoms with Gasteiger partial charge in [0.25, 0.3) is 5.78 Å². The van der Waals surface area contributed by atoms with Crippen LogP contribution in [0.1, 0.15) is 42.5 Å². The van der Waals surface area contributed by atoms with Crippen molar-refractivity contribution in [1.82, 2.24) is 4.98 Å². The highest BCUT2D eigenvalue weighted by molar-refractivity contribution is 7.22. The van der Waals surface area contributed by atoms with Gasteiger partial charge < -0.3 is 14.6 Å². The number of aryl methyl sites for hydroxylation is 1. The molecule has 194 valence electrons. The molecule has 0 saturated carbocycles. The lowest BCUT2D eigenvalue weighted by molar-refractivity contribution is -0.132. The van der Waals surface area contributed by atoms with E-state index in [1.807, 2.05) is 49.4 Å². The molecule has 38 heavy (non-hydrogen) atoms. The van der Waals surface area contributed by atoms with E-state index in [2.05, 4.69) is 11.9 Å². The molecule has 1 fully saturated rings. The molecule has 0 aliphatic carbocycles. The average Bonchev–Trinajstić information content (AvgIpc) is 3.46. The fraction of sp³-hybridized carbons (Fsp3) is 0.233. The molecule has 1 atom stereocenters. The van der Waals surface area contributed by atoms with Gasteiger partial charge in [-0.05, 0) is 60.9 Å². The first kappa shape index (κ1) is 25.5. The largest absolute Gasteiger partial charge is 0.507 e. The fourth-order valence-corrected chi connectivity index (χ4v) is 5.56. The van der Waals surface area contributed by atoms with E-state index in [-0.39, 0.29) is 11.3 Å².